The smallest absolute Gasteiger partial charge is 0.343 e. The van der Waals surface area contributed by atoms with Crippen molar-refractivity contribution in [2.75, 3.05) is 13.2 Å². The summed E-state index contributed by atoms with van der Waals surface area (Å²) in [6.45, 7) is 0.0624. The van der Waals surface area contributed by atoms with Crippen LogP contribution in [0.5, 0.6) is 0 Å². The molecular formula is C16H18ClN5O4. The Hall–Kier alpha value is -2.65. The number of carbonyl (C=O) groups excluding carboxylic acids is 2. The lowest BCUT2D eigenvalue weighted by atomic mass is 9.99. The van der Waals surface area contributed by atoms with Crippen molar-refractivity contribution in [3.05, 3.63) is 51.2 Å². The SMILES string of the molecule is Cn1c(CCNC(=O)[C@H]2OCC(=O)N[C@@H]2c2ccccc2Cl)n[nH]c1=O. The van der Waals surface area contributed by atoms with Gasteiger partial charge in [0.15, 0.2) is 6.10 Å². The molecule has 2 aromatic rings. The molecule has 2 amide bonds. The molecule has 1 aliphatic heterocycles. The Balaban J connectivity index is 1.68. The summed E-state index contributed by atoms with van der Waals surface area (Å²) in [5, 5.41) is 12.1. The number of nitrogens with one attached hydrogen (secondary N) is 3. The van der Waals surface area contributed by atoms with E-state index in [2.05, 4.69) is 20.8 Å². The topological polar surface area (TPSA) is 118 Å². The molecule has 138 valence electrons. The summed E-state index contributed by atoms with van der Waals surface area (Å²) in [6.07, 6.45) is -0.535. The first-order valence-electron chi connectivity index (χ1n) is 8.00. The van der Waals surface area contributed by atoms with Crippen molar-refractivity contribution >= 4 is 23.4 Å². The van der Waals surface area contributed by atoms with Crippen LogP contribution in [0.3, 0.4) is 0 Å². The number of halogens is 1. The number of rotatable bonds is 5. The van der Waals surface area contributed by atoms with Crippen LogP contribution in [-0.2, 0) is 27.8 Å². The molecular weight excluding hydrogens is 362 g/mol. The summed E-state index contributed by atoms with van der Waals surface area (Å²) >= 11 is 6.20. The number of benzene rings is 1. The fourth-order valence-corrected chi connectivity index (χ4v) is 3.00. The molecule has 0 unspecified atom stereocenters. The number of nitrogens with zero attached hydrogens (tertiary/aromatic N) is 2. The fourth-order valence-electron chi connectivity index (χ4n) is 2.75. The normalized spacial score (nSPS) is 19.8. The number of hydrogen-bond acceptors (Lipinski definition) is 5. The van der Waals surface area contributed by atoms with Crippen molar-refractivity contribution in [3.63, 3.8) is 0 Å². The van der Waals surface area contributed by atoms with Crippen LogP contribution >= 0.6 is 11.6 Å². The summed E-state index contributed by atoms with van der Waals surface area (Å²) < 4.78 is 6.82. The third kappa shape index (κ3) is 3.78. The monoisotopic (exact) mass is 379 g/mol. The lowest BCUT2D eigenvalue weighted by Gasteiger charge is -2.32. The van der Waals surface area contributed by atoms with Gasteiger partial charge in [-0.1, -0.05) is 29.8 Å². The maximum absolute atomic E-state index is 12.6. The maximum Gasteiger partial charge on any atom is 0.343 e. The summed E-state index contributed by atoms with van der Waals surface area (Å²) in [4.78, 5) is 35.6. The van der Waals surface area contributed by atoms with Gasteiger partial charge in [-0.3, -0.25) is 14.2 Å². The molecule has 0 saturated carbocycles. The Labute approximate surface area is 153 Å². The lowest BCUT2D eigenvalue weighted by Crippen LogP contribution is -2.52. The average Bonchev–Trinajstić information content (AvgIpc) is 2.94. The summed E-state index contributed by atoms with van der Waals surface area (Å²) in [7, 11) is 1.59. The Morgan fingerprint density at radius 1 is 1.42 bits per heavy atom. The van der Waals surface area contributed by atoms with Crippen LogP contribution in [0.15, 0.2) is 29.1 Å². The Morgan fingerprint density at radius 2 is 2.19 bits per heavy atom. The van der Waals surface area contributed by atoms with Crippen LogP contribution in [0.25, 0.3) is 0 Å². The number of carbonyl (C=O) groups is 2. The number of aromatic nitrogens is 3. The van der Waals surface area contributed by atoms with E-state index in [9.17, 15) is 14.4 Å². The minimum Gasteiger partial charge on any atom is -0.356 e. The standard InChI is InChI=1S/C16H18ClN5O4/c1-22-11(20-21-16(22)25)6-7-18-15(24)14-13(19-12(23)8-26-14)9-4-2-3-5-10(9)17/h2-5,13-14H,6-8H2,1H3,(H,18,24)(H,19,23)(H,21,25)/t13-,14+/m1/s1. The van der Waals surface area contributed by atoms with Gasteiger partial charge in [0.2, 0.25) is 5.91 Å². The molecule has 0 radical (unpaired) electrons. The van der Waals surface area contributed by atoms with E-state index < -0.39 is 12.1 Å². The van der Waals surface area contributed by atoms with Crippen LogP contribution in [0, 0.1) is 0 Å². The minimum absolute atomic E-state index is 0.201. The van der Waals surface area contributed by atoms with Crippen LogP contribution in [0.1, 0.15) is 17.4 Å². The molecule has 1 aromatic heterocycles. The number of hydrogen-bond donors (Lipinski definition) is 3. The third-order valence-corrected chi connectivity index (χ3v) is 4.48. The zero-order valence-electron chi connectivity index (χ0n) is 14.0. The van der Waals surface area contributed by atoms with E-state index in [1.807, 2.05) is 0 Å². The van der Waals surface area contributed by atoms with Crippen molar-refractivity contribution in [1.29, 1.82) is 0 Å². The lowest BCUT2D eigenvalue weighted by molar-refractivity contribution is -0.148. The molecule has 9 nitrogen and oxygen atoms in total. The molecule has 10 heteroatoms. The maximum atomic E-state index is 12.6. The van der Waals surface area contributed by atoms with Gasteiger partial charge in [-0.25, -0.2) is 9.89 Å². The highest BCUT2D eigenvalue weighted by atomic mass is 35.5. The summed E-state index contributed by atoms with van der Waals surface area (Å²) in [5.74, 6) is -0.170. The van der Waals surface area contributed by atoms with Gasteiger partial charge in [-0.05, 0) is 11.6 Å². The Bertz CT molecular complexity index is 878. The van der Waals surface area contributed by atoms with Crippen molar-refractivity contribution in [3.8, 4) is 0 Å². The molecule has 26 heavy (non-hydrogen) atoms. The number of H-pyrrole nitrogens is 1. The Morgan fingerprint density at radius 3 is 2.88 bits per heavy atom. The molecule has 1 aromatic carbocycles. The highest BCUT2D eigenvalue weighted by Crippen LogP contribution is 2.28. The zero-order chi connectivity index (χ0) is 18.7. The molecule has 0 spiro atoms. The molecule has 1 fully saturated rings. The first-order valence-corrected chi connectivity index (χ1v) is 8.38. The highest BCUT2D eigenvalue weighted by molar-refractivity contribution is 6.31. The van der Waals surface area contributed by atoms with Crippen molar-refractivity contribution in [2.24, 2.45) is 7.05 Å². The second kappa shape index (κ2) is 7.71. The van der Waals surface area contributed by atoms with Gasteiger partial charge in [0.25, 0.3) is 5.91 Å². The van der Waals surface area contributed by atoms with Crippen molar-refractivity contribution < 1.29 is 14.3 Å². The molecule has 2 heterocycles. The van der Waals surface area contributed by atoms with Gasteiger partial charge >= 0.3 is 5.69 Å². The Kier molecular flexibility index (Phi) is 5.38. The molecule has 3 rings (SSSR count). The van der Waals surface area contributed by atoms with Crippen molar-refractivity contribution in [2.45, 2.75) is 18.6 Å². The van der Waals surface area contributed by atoms with Crippen molar-refractivity contribution in [1.82, 2.24) is 25.4 Å². The first kappa shape index (κ1) is 18.2. The van der Waals surface area contributed by atoms with Gasteiger partial charge in [-0.2, -0.15) is 5.10 Å². The van der Waals surface area contributed by atoms with Gasteiger partial charge in [0.1, 0.15) is 12.4 Å². The largest absolute Gasteiger partial charge is 0.356 e. The van der Waals surface area contributed by atoms with Gasteiger partial charge in [-0.15, -0.1) is 0 Å². The third-order valence-electron chi connectivity index (χ3n) is 4.13. The van der Waals surface area contributed by atoms with Crippen LogP contribution in [0.4, 0.5) is 0 Å². The van der Waals surface area contributed by atoms with Crippen LogP contribution in [-0.4, -0.2) is 45.8 Å². The first-order chi connectivity index (χ1) is 12.5. The fraction of sp³-hybridized carbons (Fsp3) is 0.375. The summed E-state index contributed by atoms with van der Waals surface area (Å²) in [5.41, 5.74) is 0.292. The van der Waals surface area contributed by atoms with Crippen LogP contribution in [0.2, 0.25) is 5.02 Å². The van der Waals surface area contributed by atoms with Gasteiger partial charge in [0.05, 0.1) is 6.04 Å². The van der Waals surface area contributed by atoms with E-state index in [1.54, 1.807) is 31.3 Å². The molecule has 0 bridgehead atoms. The van der Waals surface area contributed by atoms with E-state index in [4.69, 9.17) is 16.3 Å². The van der Waals surface area contributed by atoms with Gasteiger partial charge < -0.3 is 15.4 Å². The van der Waals surface area contributed by atoms with E-state index >= 15 is 0 Å². The number of aromatic amines is 1. The predicted octanol–water partition coefficient (Wildman–Crippen LogP) is -0.323. The number of amides is 2. The van der Waals surface area contributed by atoms with Crippen LogP contribution < -0.4 is 16.3 Å². The molecule has 2 atom stereocenters. The minimum atomic E-state index is -0.907. The molecule has 3 N–H and O–H groups in total. The average molecular weight is 380 g/mol. The van der Waals surface area contributed by atoms with E-state index in [0.29, 0.717) is 22.8 Å². The van der Waals surface area contributed by atoms with Gasteiger partial charge in [0, 0.05) is 25.0 Å². The molecule has 1 saturated heterocycles. The predicted molar refractivity (Wildman–Crippen MR) is 92.6 cm³/mol. The number of ether oxygens (including phenoxy) is 1. The molecule has 1 aliphatic rings. The zero-order valence-corrected chi connectivity index (χ0v) is 14.7. The van der Waals surface area contributed by atoms with E-state index in [1.165, 1.54) is 4.57 Å². The second-order valence-electron chi connectivity index (χ2n) is 5.84. The molecule has 0 aliphatic carbocycles. The second-order valence-corrected chi connectivity index (χ2v) is 6.25. The summed E-state index contributed by atoms with van der Waals surface area (Å²) in [6, 6.07) is 6.28. The van der Waals surface area contributed by atoms with E-state index in [0.717, 1.165) is 0 Å². The number of morpholine rings is 1. The highest BCUT2D eigenvalue weighted by Gasteiger charge is 2.36. The quantitative estimate of drug-likeness (QED) is 0.657. The van der Waals surface area contributed by atoms with E-state index in [-0.39, 0.29) is 30.7 Å².